The molecule has 0 amide bonds. The van der Waals surface area contributed by atoms with E-state index in [2.05, 4.69) is 15.9 Å². The van der Waals surface area contributed by atoms with Crippen LogP contribution in [0.3, 0.4) is 0 Å². The second-order valence-electron chi connectivity index (χ2n) is 4.07. The summed E-state index contributed by atoms with van der Waals surface area (Å²) in [6.45, 7) is 1.48. The fourth-order valence-electron chi connectivity index (χ4n) is 1.68. The van der Waals surface area contributed by atoms with E-state index in [0.29, 0.717) is 21.6 Å². The zero-order valence-electron chi connectivity index (χ0n) is 10.1. The van der Waals surface area contributed by atoms with Crippen molar-refractivity contribution in [3.05, 3.63) is 50.7 Å². The molecule has 1 heterocycles. The van der Waals surface area contributed by atoms with Gasteiger partial charge in [-0.05, 0) is 25.1 Å². The molecule has 0 bridgehead atoms. The van der Waals surface area contributed by atoms with Gasteiger partial charge in [0.15, 0.2) is 0 Å². The Balaban J connectivity index is 2.40. The molecule has 0 N–H and O–H groups in total. The molecular formula is C13H10BrNO4. The molecule has 0 aliphatic rings. The van der Waals surface area contributed by atoms with E-state index in [9.17, 15) is 14.9 Å². The van der Waals surface area contributed by atoms with Crippen molar-refractivity contribution in [2.24, 2.45) is 0 Å². The van der Waals surface area contributed by atoms with E-state index in [1.165, 1.54) is 19.1 Å². The van der Waals surface area contributed by atoms with Gasteiger partial charge >= 0.3 is 0 Å². The van der Waals surface area contributed by atoms with Gasteiger partial charge in [0.1, 0.15) is 17.3 Å². The van der Waals surface area contributed by atoms with Crippen molar-refractivity contribution in [3.63, 3.8) is 0 Å². The second-order valence-corrected chi connectivity index (χ2v) is 4.92. The molecule has 6 heteroatoms. The summed E-state index contributed by atoms with van der Waals surface area (Å²) in [5.74, 6) is 1.03. The molecule has 0 spiro atoms. The number of Topliss-reactive ketones (excluding diaryl/α,β-unsaturated/α-hetero) is 1. The maximum Gasteiger partial charge on any atom is 0.270 e. The fourth-order valence-corrected chi connectivity index (χ4v) is 2.12. The zero-order valence-corrected chi connectivity index (χ0v) is 11.6. The molecule has 0 saturated heterocycles. The number of benzene rings is 1. The number of nitro groups is 1. The lowest BCUT2D eigenvalue weighted by Gasteiger charge is -2.01. The van der Waals surface area contributed by atoms with Crippen molar-refractivity contribution in [1.82, 2.24) is 0 Å². The number of hydrogen-bond acceptors (Lipinski definition) is 4. The minimum absolute atomic E-state index is 0.000919. The molecule has 0 fully saturated rings. The van der Waals surface area contributed by atoms with E-state index < -0.39 is 4.92 Å². The minimum atomic E-state index is -0.463. The summed E-state index contributed by atoms with van der Waals surface area (Å²) in [4.78, 5) is 21.3. The van der Waals surface area contributed by atoms with Crippen molar-refractivity contribution >= 4 is 27.4 Å². The summed E-state index contributed by atoms with van der Waals surface area (Å²) in [6, 6.07) is 7.83. The topological polar surface area (TPSA) is 73.3 Å². The lowest BCUT2D eigenvalue weighted by molar-refractivity contribution is -0.384. The Morgan fingerprint density at radius 2 is 2.11 bits per heavy atom. The number of carbonyl (C=O) groups is 1. The van der Waals surface area contributed by atoms with Gasteiger partial charge in [-0.15, -0.1) is 0 Å². The minimum Gasteiger partial charge on any atom is -0.461 e. The van der Waals surface area contributed by atoms with E-state index in [1.807, 2.05) is 0 Å². The van der Waals surface area contributed by atoms with Gasteiger partial charge in [0.25, 0.3) is 5.69 Å². The van der Waals surface area contributed by atoms with E-state index in [0.717, 1.165) is 0 Å². The van der Waals surface area contributed by atoms with E-state index in [-0.39, 0.29) is 17.9 Å². The number of non-ortho nitro benzene ring substituents is 1. The number of hydrogen-bond donors (Lipinski definition) is 0. The van der Waals surface area contributed by atoms with Crippen molar-refractivity contribution < 1.29 is 14.1 Å². The van der Waals surface area contributed by atoms with Crippen LogP contribution in [0.2, 0.25) is 0 Å². The average Bonchev–Trinajstić information content (AvgIpc) is 2.76. The smallest absolute Gasteiger partial charge is 0.270 e. The Kier molecular flexibility index (Phi) is 3.80. The Hall–Kier alpha value is -1.95. The van der Waals surface area contributed by atoms with Crippen LogP contribution >= 0.6 is 15.9 Å². The average molecular weight is 324 g/mol. The molecule has 0 saturated carbocycles. The van der Waals surface area contributed by atoms with Crippen LogP contribution < -0.4 is 0 Å². The monoisotopic (exact) mass is 323 g/mol. The van der Waals surface area contributed by atoms with Gasteiger partial charge in [-0.25, -0.2) is 0 Å². The number of ketones is 1. The molecule has 0 radical (unpaired) electrons. The first-order chi connectivity index (χ1) is 8.97. The van der Waals surface area contributed by atoms with Crippen LogP contribution in [0.4, 0.5) is 5.69 Å². The first-order valence-corrected chi connectivity index (χ1v) is 6.29. The summed E-state index contributed by atoms with van der Waals surface area (Å²) in [5.41, 5.74) is 0.576. The van der Waals surface area contributed by atoms with Gasteiger partial charge in [0, 0.05) is 22.2 Å². The molecule has 2 aromatic rings. The third-order valence-corrected chi connectivity index (χ3v) is 3.20. The SMILES string of the molecule is CC(=O)Cc1ccc(-c2cc([N+](=O)[O-])ccc2Br)o1. The standard InChI is InChI=1S/C13H10BrNO4/c1-8(16)6-10-3-5-13(19-10)11-7-9(15(17)18)2-4-12(11)14/h2-5,7H,6H2,1H3. The van der Waals surface area contributed by atoms with E-state index in [4.69, 9.17) is 4.42 Å². The largest absolute Gasteiger partial charge is 0.461 e. The van der Waals surface area contributed by atoms with E-state index >= 15 is 0 Å². The summed E-state index contributed by atoms with van der Waals surface area (Å²) < 4.78 is 6.22. The maximum atomic E-state index is 11.0. The highest BCUT2D eigenvalue weighted by atomic mass is 79.9. The molecule has 1 aromatic carbocycles. The summed E-state index contributed by atoms with van der Waals surface area (Å²) >= 11 is 3.33. The van der Waals surface area contributed by atoms with Crippen LogP contribution in [0.25, 0.3) is 11.3 Å². The highest BCUT2D eigenvalue weighted by Crippen LogP contribution is 2.32. The van der Waals surface area contributed by atoms with Crippen LogP contribution in [0.15, 0.2) is 39.2 Å². The molecule has 0 aliphatic carbocycles. The molecule has 0 atom stereocenters. The van der Waals surface area contributed by atoms with Crippen LogP contribution in [0, 0.1) is 10.1 Å². The normalized spacial score (nSPS) is 10.4. The zero-order chi connectivity index (χ0) is 14.0. The van der Waals surface area contributed by atoms with Gasteiger partial charge in [0.2, 0.25) is 0 Å². The third-order valence-electron chi connectivity index (χ3n) is 2.51. The van der Waals surface area contributed by atoms with Crippen molar-refractivity contribution in [3.8, 4) is 11.3 Å². The van der Waals surface area contributed by atoms with Crippen LogP contribution in [-0.4, -0.2) is 10.7 Å². The molecule has 5 nitrogen and oxygen atoms in total. The summed E-state index contributed by atoms with van der Waals surface area (Å²) in [6.07, 6.45) is 0.215. The summed E-state index contributed by atoms with van der Waals surface area (Å²) in [5, 5.41) is 10.8. The maximum absolute atomic E-state index is 11.0. The second kappa shape index (κ2) is 5.36. The predicted molar refractivity (Wildman–Crippen MR) is 72.9 cm³/mol. The van der Waals surface area contributed by atoms with Crippen molar-refractivity contribution in [2.75, 3.05) is 0 Å². The van der Waals surface area contributed by atoms with Gasteiger partial charge in [-0.2, -0.15) is 0 Å². The highest BCUT2D eigenvalue weighted by Gasteiger charge is 2.14. The molecule has 19 heavy (non-hydrogen) atoms. The molecule has 98 valence electrons. The summed E-state index contributed by atoms with van der Waals surface area (Å²) in [7, 11) is 0. The molecule has 1 aromatic heterocycles. The van der Waals surface area contributed by atoms with Gasteiger partial charge in [-0.1, -0.05) is 15.9 Å². The Bertz CT molecular complexity index is 648. The Morgan fingerprint density at radius 3 is 2.74 bits per heavy atom. The number of carbonyl (C=O) groups excluding carboxylic acids is 1. The van der Waals surface area contributed by atoms with Crippen LogP contribution in [0.5, 0.6) is 0 Å². The van der Waals surface area contributed by atoms with Gasteiger partial charge < -0.3 is 4.42 Å². The van der Waals surface area contributed by atoms with Gasteiger partial charge in [0.05, 0.1) is 11.3 Å². The van der Waals surface area contributed by atoms with Crippen molar-refractivity contribution in [2.45, 2.75) is 13.3 Å². The quantitative estimate of drug-likeness (QED) is 0.634. The number of halogens is 1. The number of rotatable bonds is 4. The third kappa shape index (κ3) is 3.08. The number of furan rings is 1. The van der Waals surface area contributed by atoms with Crippen molar-refractivity contribution in [1.29, 1.82) is 0 Å². The molecule has 0 aliphatic heterocycles. The van der Waals surface area contributed by atoms with Crippen LogP contribution in [-0.2, 0) is 11.2 Å². The Morgan fingerprint density at radius 1 is 1.37 bits per heavy atom. The van der Waals surface area contributed by atoms with Gasteiger partial charge in [-0.3, -0.25) is 14.9 Å². The lowest BCUT2D eigenvalue weighted by atomic mass is 10.1. The first kappa shape index (κ1) is 13.5. The Labute approximate surface area is 117 Å². The molecular weight excluding hydrogens is 314 g/mol. The predicted octanol–water partition coefficient (Wildman–Crippen LogP) is 3.75. The first-order valence-electron chi connectivity index (χ1n) is 5.50. The fraction of sp³-hybridized carbons (Fsp3) is 0.154. The molecule has 2 rings (SSSR count). The van der Waals surface area contributed by atoms with Crippen LogP contribution in [0.1, 0.15) is 12.7 Å². The molecule has 0 unspecified atom stereocenters. The lowest BCUT2D eigenvalue weighted by Crippen LogP contribution is -1.93. The number of nitro benzene ring substituents is 1. The number of nitrogens with zero attached hydrogens (tertiary/aromatic N) is 1. The van der Waals surface area contributed by atoms with E-state index in [1.54, 1.807) is 18.2 Å². The highest BCUT2D eigenvalue weighted by molar-refractivity contribution is 9.10.